The van der Waals surface area contributed by atoms with E-state index in [2.05, 4.69) is 6.58 Å². The van der Waals surface area contributed by atoms with Crippen molar-refractivity contribution in [2.45, 2.75) is 154 Å². The highest BCUT2D eigenvalue weighted by Crippen LogP contribution is 2.74. The Balaban J connectivity index is 1.42. The lowest BCUT2D eigenvalue weighted by Gasteiger charge is -2.70. The first-order chi connectivity index (χ1) is 31.1. The molecule has 15 nitrogen and oxygen atoms in total. The Bertz CT molecular complexity index is 2280. The lowest BCUT2D eigenvalue weighted by molar-refractivity contribution is -0.308. The highest BCUT2D eigenvalue weighted by atomic mass is 19.1. The van der Waals surface area contributed by atoms with Gasteiger partial charge < -0.3 is 42.6 Å². The van der Waals surface area contributed by atoms with Gasteiger partial charge in [-0.25, -0.2) is 14.0 Å². The maximum atomic E-state index is 15.3. The Hall–Kier alpha value is -5.09. The SMILES string of the molecule is C=C1CC2(C[C@]3(C(=O)OC)O[C@H]13)O[C@@H](C)[C@@H](OC(C)=O)C(OC(C)=O)C1(C)C2CCC2(CC)C1[C@H](OC(C)=O)[C@H](OC(C)=O)[C@@]1(C(C)OC(=O)c3ccccc3F)COC(=C3CC3)C=C[C@@H]21. The van der Waals surface area contributed by atoms with Crippen molar-refractivity contribution in [2.24, 2.45) is 34.0 Å². The number of benzene rings is 1. The van der Waals surface area contributed by atoms with Crippen molar-refractivity contribution < 1.29 is 75.8 Å². The molecular formula is C50H61FO15. The number of methoxy groups -OCH3 is 1. The summed E-state index contributed by atoms with van der Waals surface area (Å²) in [6, 6.07) is 5.44. The Morgan fingerprint density at radius 1 is 0.909 bits per heavy atom. The fourth-order valence-electron chi connectivity index (χ4n) is 13.8. The third-order valence-electron chi connectivity index (χ3n) is 16.2. The first-order valence-electron chi connectivity index (χ1n) is 22.9. The van der Waals surface area contributed by atoms with Crippen molar-refractivity contribution in [1.82, 2.24) is 0 Å². The standard InChI is InChI=1S/C50H61FO15/c1-11-47-21-20-36-46(9,42(63-30(7)54)38(61-28(5)52)26(3)65-48(36)22-25(2)41-50(23-48,66-41)45(57)58-10)40(47)39(62-29(6)53)43(64-31(8)55)49(24-59-35(32-16-17-32)18-19-37(47)49)27(4)60-44(56)33-14-12-13-15-34(33)51/h12-15,18-19,26-27,36-43H,2,11,16-17,20-24H2,1,3-10H3/t26-,27?,36?,37-,38+,39-,40?,41+,42?,43-,46?,47?,48?,49+,50-/m0/s1. The van der Waals surface area contributed by atoms with E-state index in [9.17, 15) is 28.8 Å². The molecule has 1 aromatic carbocycles. The van der Waals surface area contributed by atoms with Crippen LogP contribution in [-0.2, 0) is 66.6 Å². The molecule has 3 aliphatic heterocycles. The molecule has 2 saturated heterocycles. The van der Waals surface area contributed by atoms with E-state index in [-0.39, 0.29) is 25.0 Å². The number of allylic oxidation sites excluding steroid dienone is 3. The summed E-state index contributed by atoms with van der Waals surface area (Å²) in [4.78, 5) is 82.3. The molecular weight excluding hydrogens is 860 g/mol. The molecule has 358 valence electrons. The fourth-order valence-corrected chi connectivity index (χ4v) is 13.8. The van der Waals surface area contributed by atoms with E-state index in [4.69, 9.17) is 42.6 Å². The molecule has 7 aliphatic rings. The van der Waals surface area contributed by atoms with Crippen LogP contribution in [0.15, 0.2) is 59.9 Å². The van der Waals surface area contributed by atoms with E-state index in [1.54, 1.807) is 13.8 Å². The Morgan fingerprint density at radius 2 is 1.55 bits per heavy atom. The predicted octanol–water partition coefficient (Wildman–Crippen LogP) is 6.60. The summed E-state index contributed by atoms with van der Waals surface area (Å²) in [5.41, 5.74) is -5.44. The summed E-state index contributed by atoms with van der Waals surface area (Å²) in [5, 5.41) is 0. The van der Waals surface area contributed by atoms with Gasteiger partial charge in [0.05, 0.1) is 29.8 Å². The largest absolute Gasteiger partial charge is 0.493 e. The van der Waals surface area contributed by atoms with Gasteiger partial charge in [0.1, 0.15) is 42.6 Å². The minimum atomic E-state index is -1.53. The number of halogens is 1. The van der Waals surface area contributed by atoms with Crippen LogP contribution in [0.25, 0.3) is 0 Å². The van der Waals surface area contributed by atoms with Crippen LogP contribution in [0.2, 0.25) is 0 Å². The maximum absolute atomic E-state index is 15.3. The van der Waals surface area contributed by atoms with E-state index in [1.807, 2.05) is 26.0 Å². The van der Waals surface area contributed by atoms with Gasteiger partial charge in [-0.3, -0.25) is 19.2 Å². The van der Waals surface area contributed by atoms with Gasteiger partial charge in [-0.15, -0.1) is 0 Å². The van der Waals surface area contributed by atoms with Crippen molar-refractivity contribution in [2.75, 3.05) is 13.7 Å². The van der Waals surface area contributed by atoms with E-state index >= 15 is 4.39 Å². The third-order valence-corrected chi connectivity index (χ3v) is 16.2. The first-order valence-corrected chi connectivity index (χ1v) is 22.9. The van der Waals surface area contributed by atoms with Crippen molar-refractivity contribution >= 4 is 35.8 Å². The summed E-state index contributed by atoms with van der Waals surface area (Å²) in [5.74, 6) is -6.98. The molecule has 7 unspecified atom stereocenters. The minimum Gasteiger partial charge on any atom is -0.493 e. The van der Waals surface area contributed by atoms with Crippen molar-refractivity contribution in [3.05, 3.63) is 71.3 Å². The maximum Gasteiger partial charge on any atom is 0.341 e. The van der Waals surface area contributed by atoms with Gasteiger partial charge in [0, 0.05) is 51.9 Å². The summed E-state index contributed by atoms with van der Waals surface area (Å²) < 4.78 is 72.8. The molecule has 0 amide bonds. The summed E-state index contributed by atoms with van der Waals surface area (Å²) in [6.07, 6.45) is -1.42. The molecule has 0 radical (unpaired) electrons. The molecule has 0 bridgehead atoms. The highest BCUT2D eigenvalue weighted by Gasteiger charge is 2.81. The summed E-state index contributed by atoms with van der Waals surface area (Å²) >= 11 is 0. The van der Waals surface area contributed by atoms with E-state index in [0.29, 0.717) is 30.6 Å². The van der Waals surface area contributed by atoms with Crippen LogP contribution < -0.4 is 0 Å². The predicted molar refractivity (Wildman–Crippen MR) is 229 cm³/mol. The fraction of sp³-hybridized carbons (Fsp3) is 0.640. The number of carbonyl (C=O) groups is 6. The van der Waals surface area contributed by atoms with Gasteiger partial charge in [-0.1, -0.05) is 38.6 Å². The van der Waals surface area contributed by atoms with Crippen LogP contribution in [0.4, 0.5) is 4.39 Å². The Kier molecular flexibility index (Phi) is 12.1. The smallest absolute Gasteiger partial charge is 0.341 e. The van der Waals surface area contributed by atoms with Crippen LogP contribution in [0.5, 0.6) is 0 Å². The number of esters is 6. The van der Waals surface area contributed by atoms with Crippen LogP contribution in [0, 0.1) is 39.8 Å². The van der Waals surface area contributed by atoms with E-state index in [0.717, 1.165) is 24.5 Å². The molecule has 4 saturated carbocycles. The quantitative estimate of drug-likeness (QED) is 0.112. The number of fused-ring (bicyclic) bond motifs is 7. The lowest BCUT2D eigenvalue weighted by atomic mass is 9.35. The van der Waals surface area contributed by atoms with E-state index in [1.165, 1.54) is 53.0 Å². The Labute approximate surface area is 384 Å². The topological polar surface area (TPSA) is 189 Å². The number of ether oxygens (including phenoxy) is 9. The van der Waals surface area contributed by atoms with Gasteiger partial charge in [0.25, 0.3) is 0 Å². The molecule has 0 N–H and O–H groups in total. The molecule has 66 heavy (non-hydrogen) atoms. The minimum absolute atomic E-state index is 0.000930. The van der Waals surface area contributed by atoms with Gasteiger partial charge in [-0.05, 0) is 92.6 Å². The zero-order valence-corrected chi connectivity index (χ0v) is 39.1. The molecule has 3 heterocycles. The van der Waals surface area contributed by atoms with Gasteiger partial charge in [0.15, 0.2) is 17.8 Å². The van der Waals surface area contributed by atoms with Crippen LogP contribution in [-0.4, -0.2) is 103 Å². The van der Waals surface area contributed by atoms with Crippen LogP contribution in [0.1, 0.15) is 111 Å². The summed E-state index contributed by atoms with van der Waals surface area (Å²) in [6.45, 7) is 16.4. The first kappa shape index (κ1) is 47.4. The second kappa shape index (κ2) is 16.9. The molecule has 6 fully saturated rings. The van der Waals surface area contributed by atoms with Gasteiger partial charge in [-0.2, -0.15) is 0 Å². The van der Waals surface area contributed by atoms with Crippen molar-refractivity contribution in [3.8, 4) is 0 Å². The Morgan fingerprint density at radius 3 is 2.15 bits per heavy atom. The normalized spacial score (nSPS) is 40.0. The second-order valence-electron chi connectivity index (χ2n) is 19.7. The number of carbonyl (C=O) groups excluding carboxylic acids is 6. The van der Waals surface area contributed by atoms with Crippen molar-refractivity contribution in [1.29, 1.82) is 0 Å². The number of epoxide rings is 1. The monoisotopic (exact) mass is 920 g/mol. The lowest BCUT2D eigenvalue weighted by Crippen LogP contribution is -2.76. The molecule has 1 spiro atoms. The highest BCUT2D eigenvalue weighted by molar-refractivity contribution is 5.90. The number of rotatable bonds is 9. The molecule has 8 rings (SSSR count). The van der Waals surface area contributed by atoms with Crippen molar-refractivity contribution in [3.63, 3.8) is 0 Å². The molecule has 1 aromatic rings. The molecule has 16 heteroatoms. The molecule has 15 atom stereocenters. The zero-order valence-electron chi connectivity index (χ0n) is 39.1. The average molecular weight is 921 g/mol. The summed E-state index contributed by atoms with van der Waals surface area (Å²) in [7, 11) is 1.28. The molecule has 0 aromatic heterocycles. The zero-order chi connectivity index (χ0) is 47.9. The number of hydrogen-bond acceptors (Lipinski definition) is 15. The van der Waals surface area contributed by atoms with Crippen LogP contribution >= 0.6 is 0 Å². The molecule has 4 aliphatic carbocycles. The second-order valence-corrected chi connectivity index (χ2v) is 19.7. The van der Waals surface area contributed by atoms with Gasteiger partial charge >= 0.3 is 35.8 Å². The van der Waals surface area contributed by atoms with Gasteiger partial charge in [0.2, 0.25) is 0 Å². The number of hydrogen-bond donors (Lipinski definition) is 0. The third kappa shape index (κ3) is 7.35. The average Bonchev–Trinajstić information content (AvgIpc) is 4.18. The van der Waals surface area contributed by atoms with E-state index < -0.39 is 130 Å². The van der Waals surface area contributed by atoms with Crippen LogP contribution in [0.3, 0.4) is 0 Å².